The van der Waals surface area contributed by atoms with E-state index in [0.29, 0.717) is 31.5 Å². The first-order valence-corrected chi connectivity index (χ1v) is 7.33. The Kier molecular flexibility index (Phi) is 4.06. The maximum absolute atomic E-state index is 6.02. The minimum Gasteiger partial charge on any atom is -0.379 e. The molecule has 1 atom stereocenters. The van der Waals surface area contributed by atoms with E-state index >= 15 is 0 Å². The summed E-state index contributed by atoms with van der Waals surface area (Å²) in [7, 11) is 0. The first kappa shape index (κ1) is 13.3. The summed E-state index contributed by atoms with van der Waals surface area (Å²) in [5.74, 6) is 0. The van der Waals surface area contributed by atoms with E-state index in [4.69, 9.17) is 21.1 Å². The van der Waals surface area contributed by atoms with Crippen molar-refractivity contribution >= 4 is 45.5 Å². The summed E-state index contributed by atoms with van der Waals surface area (Å²) in [5, 5.41) is 7.93. The number of aromatic nitrogens is 3. The van der Waals surface area contributed by atoms with Crippen molar-refractivity contribution in [2.24, 2.45) is 0 Å². The van der Waals surface area contributed by atoms with Gasteiger partial charge in [-0.15, -0.1) is 0 Å². The Balaban J connectivity index is 1.79. The standard InChI is InChI=1S/C11H12ClIN4O2/c12-9-3-8(11-15-5-10(13)17(11)16-9)14-4-7-6-18-1-2-19-7/h3,5,7,14H,1-2,4,6H2. The van der Waals surface area contributed by atoms with Crippen LogP contribution in [-0.2, 0) is 9.47 Å². The van der Waals surface area contributed by atoms with Gasteiger partial charge in [-0.2, -0.15) is 5.10 Å². The molecule has 1 fully saturated rings. The molecule has 8 heteroatoms. The van der Waals surface area contributed by atoms with Gasteiger partial charge in [-0.3, -0.25) is 0 Å². The lowest BCUT2D eigenvalue weighted by Gasteiger charge is -2.23. The lowest BCUT2D eigenvalue weighted by atomic mass is 10.3. The maximum Gasteiger partial charge on any atom is 0.178 e. The molecule has 19 heavy (non-hydrogen) atoms. The molecule has 1 aliphatic heterocycles. The molecule has 1 saturated heterocycles. The minimum absolute atomic E-state index is 0.0507. The molecule has 1 aliphatic rings. The largest absolute Gasteiger partial charge is 0.379 e. The van der Waals surface area contributed by atoms with Crippen molar-refractivity contribution in [1.82, 2.24) is 14.6 Å². The Labute approximate surface area is 128 Å². The molecule has 0 spiro atoms. The highest BCUT2D eigenvalue weighted by Gasteiger charge is 2.15. The van der Waals surface area contributed by atoms with Crippen LogP contribution in [0.2, 0.25) is 5.15 Å². The van der Waals surface area contributed by atoms with Crippen molar-refractivity contribution < 1.29 is 9.47 Å². The molecule has 0 radical (unpaired) electrons. The van der Waals surface area contributed by atoms with E-state index in [9.17, 15) is 0 Å². The van der Waals surface area contributed by atoms with Crippen molar-refractivity contribution in [2.45, 2.75) is 6.10 Å². The van der Waals surface area contributed by atoms with E-state index in [-0.39, 0.29) is 6.10 Å². The second-order valence-electron chi connectivity index (χ2n) is 4.15. The molecule has 0 aromatic carbocycles. The molecular weight excluding hydrogens is 383 g/mol. The Morgan fingerprint density at radius 3 is 3.21 bits per heavy atom. The fourth-order valence-corrected chi connectivity index (χ4v) is 2.58. The number of halogens is 2. The number of imidazole rings is 1. The molecule has 2 aromatic heterocycles. The van der Waals surface area contributed by atoms with Crippen LogP contribution in [0, 0.1) is 3.70 Å². The lowest BCUT2D eigenvalue weighted by Crippen LogP contribution is -2.34. The minimum atomic E-state index is 0.0507. The zero-order chi connectivity index (χ0) is 13.2. The average molecular weight is 395 g/mol. The van der Waals surface area contributed by atoms with E-state index in [1.54, 1.807) is 16.8 Å². The molecule has 0 amide bonds. The lowest BCUT2D eigenvalue weighted by molar-refractivity contribution is -0.0818. The van der Waals surface area contributed by atoms with Crippen LogP contribution in [0.1, 0.15) is 0 Å². The quantitative estimate of drug-likeness (QED) is 0.805. The molecule has 1 unspecified atom stereocenters. The predicted molar refractivity (Wildman–Crippen MR) is 79.8 cm³/mol. The van der Waals surface area contributed by atoms with E-state index in [1.807, 2.05) is 0 Å². The van der Waals surface area contributed by atoms with Gasteiger partial charge in [0.25, 0.3) is 0 Å². The van der Waals surface area contributed by atoms with Crippen LogP contribution in [0.4, 0.5) is 5.69 Å². The number of fused-ring (bicyclic) bond motifs is 1. The molecular formula is C11H12ClIN4O2. The van der Waals surface area contributed by atoms with Crippen LogP contribution in [0.25, 0.3) is 5.65 Å². The molecule has 0 bridgehead atoms. The highest BCUT2D eigenvalue weighted by atomic mass is 127. The van der Waals surface area contributed by atoms with E-state index in [1.165, 1.54) is 0 Å². The van der Waals surface area contributed by atoms with Gasteiger partial charge in [0, 0.05) is 12.6 Å². The van der Waals surface area contributed by atoms with Crippen molar-refractivity contribution in [3.05, 3.63) is 21.1 Å². The van der Waals surface area contributed by atoms with Gasteiger partial charge in [-0.05, 0) is 22.6 Å². The van der Waals surface area contributed by atoms with Crippen molar-refractivity contribution in [3.8, 4) is 0 Å². The van der Waals surface area contributed by atoms with Gasteiger partial charge in [0.1, 0.15) is 3.70 Å². The number of rotatable bonds is 3. The van der Waals surface area contributed by atoms with E-state index < -0.39 is 0 Å². The monoisotopic (exact) mass is 394 g/mol. The fourth-order valence-electron chi connectivity index (χ4n) is 1.92. The normalized spacial score (nSPS) is 19.8. The van der Waals surface area contributed by atoms with Crippen molar-refractivity contribution in [1.29, 1.82) is 0 Å². The number of ether oxygens (including phenoxy) is 2. The van der Waals surface area contributed by atoms with Crippen molar-refractivity contribution in [2.75, 3.05) is 31.7 Å². The van der Waals surface area contributed by atoms with Gasteiger partial charge >= 0.3 is 0 Å². The Hall–Kier alpha value is -0.640. The first-order valence-electron chi connectivity index (χ1n) is 5.87. The van der Waals surface area contributed by atoms with Crippen molar-refractivity contribution in [3.63, 3.8) is 0 Å². The molecule has 102 valence electrons. The van der Waals surface area contributed by atoms with Gasteiger partial charge in [0.15, 0.2) is 10.8 Å². The molecule has 1 N–H and O–H groups in total. The van der Waals surface area contributed by atoms with Gasteiger partial charge in [0.2, 0.25) is 0 Å². The van der Waals surface area contributed by atoms with Crippen LogP contribution in [0.3, 0.4) is 0 Å². The summed E-state index contributed by atoms with van der Waals surface area (Å²) >= 11 is 8.18. The van der Waals surface area contributed by atoms with Crippen LogP contribution in [0.5, 0.6) is 0 Å². The number of anilines is 1. The maximum atomic E-state index is 6.02. The zero-order valence-corrected chi connectivity index (χ0v) is 12.9. The third-order valence-corrected chi connectivity index (χ3v) is 3.72. The van der Waals surface area contributed by atoms with Gasteiger partial charge in [-0.25, -0.2) is 9.50 Å². The summed E-state index contributed by atoms with van der Waals surface area (Å²) < 4.78 is 13.6. The SMILES string of the molecule is Clc1cc(NCC2COCCO2)c2ncc(I)n2n1. The smallest absolute Gasteiger partial charge is 0.178 e. The number of nitrogens with one attached hydrogen (secondary N) is 1. The van der Waals surface area contributed by atoms with E-state index in [0.717, 1.165) is 15.0 Å². The summed E-state index contributed by atoms with van der Waals surface area (Å²) in [4.78, 5) is 4.32. The van der Waals surface area contributed by atoms with E-state index in [2.05, 4.69) is 38.0 Å². The van der Waals surface area contributed by atoms with Crippen LogP contribution >= 0.6 is 34.2 Å². The number of hydrogen-bond acceptors (Lipinski definition) is 5. The highest BCUT2D eigenvalue weighted by molar-refractivity contribution is 14.1. The Morgan fingerprint density at radius 1 is 1.53 bits per heavy atom. The summed E-state index contributed by atoms with van der Waals surface area (Å²) in [6.07, 6.45) is 1.81. The van der Waals surface area contributed by atoms with Crippen LogP contribution < -0.4 is 5.32 Å². The average Bonchev–Trinajstić information content (AvgIpc) is 2.79. The third-order valence-electron chi connectivity index (χ3n) is 2.80. The Morgan fingerprint density at radius 2 is 2.42 bits per heavy atom. The van der Waals surface area contributed by atoms with Gasteiger partial charge in [0.05, 0.1) is 37.8 Å². The molecule has 3 rings (SSSR count). The topological polar surface area (TPSA) is 60.7 Å². The fraction of sp³-hybridized carbons (Fsp3) is 0.455. The second-order valence-corrected chi connectivity index (χ2v) is 5.64. The molecule has 0 aliphatic carbocycles. The summed E-state index contributed by atoms with van der Waals surface area (Å²) in [6.45, 7) is 2.56. The molecule has 3 heterocycles. The predicted octanol–water partition coefficient (Wildman–Crippen LogP) is 1.81. The molecule has 2 aromatic rings. The molecule has 6 nitrogen and oxygen atoms in total. The number of hydrogen-bond donors (Lipinski definition) is 1. The first-order chi connectivity index (χ1) is 9.24. The summed E-state index contributed by atoms with van der Waals surface area (Å²) in [5.41, 5.74) is 1.60. The third kappa shape index (κ3) is 2.93. The zero-order valence-electron chi connectivity index (χ0n) is 9.97. The number of nitrogens with zero attached hydrogens (tertiary/aromatic N) is 3. The van der Waals surface area contributed by atoms with Crippen LogP contribution in [0.15, 0.2) is 12.3 Å². The molecule has 0 saturated carbocycles. The second kappa shape index (κ2) is 5.78. The Bertz CT molecular complexity index is 585. The highest BCUT2D eigenvalue weighted by Crippen LogP contribution is 2.21. The van der Waals surface area contributed by atoms with Crippen LogP contribution in [-0.4, -0.2) is 47.1 Å². The summed E-state index contributed by atoms with van der Waals surface area (Å²) in [6, 6.07) is 1.77. The van der Waals surface area contributed by atoms with Gasteiger partial charge in [-0.1, -0.05) is 11.6 Å². The van der Waals surface area contributed by atoms with Gasteiger partial charge < -0.3 is 14.8 Å².